The van der Waals surface area contributed by atoms with E-state index in [-0.39, 0.29) is 41.1 Å². The van der Waals surface area contributed by atoms with Gasteiger partial charge in [0.15, 0.2) is 6.04 Å². The lowest BCUT2D eigenvalue weighted by Crippen LogP contribution is -2.52. The molecule has 2 atom stereocenters. The van der Waals surface area contributed by atoms with Crippen LogP contribution in [0, 0.1) is 0 Å². The number of imide groups is 1. The zero-order valence-corrected chi connectivity index (χ0v) is 20.7. The molecule has 2 heterocycles. The van der Waals surface area contributed by atoms with E-state index in [1.807, 2.05) is 24.3 Å². The molecule has 0 aromatic heterocycles. The fraction of sp³-hybridized carbons (Fsp3) is 0.360. The fourth-order valence-corrected chi connectivity index (χ4v) is 4.85. The smallest absolute Gasteiger partial charge is 0.337 e. The van der Waals surface area contributed by atoms with Crippen LogP contribution >= 0.6 is 11.6 Å². The number of rotatable bonds is 6. The van der Waals surface area contributed by atoms with Crippen molar-refractivity contribution in [3.05, 3.63) is 69.2 Å². The number of alkyl halides is 3. The highest BCUT2D eigenvalue weighted by Gasteiger charge is 2.43. The lowest BCUT2D eigenvalue weighted by atomic mass is 10.0. The van der Waals surface area contributed by atoms with Gasteiger partial charge in [-0.25, -0.2) is 0 Å². The molecule has 196 valence electrons. The number of amides is 4. The summed E-state index contributed by atoms with van der Waals surface area (Å²) in [6, 6.07) is 4.96. The van der Waals surface area contributed by atoms with E-state index in [1.165, 1.54) is 41.3 Å². The Balaban J connectivity index is 1.54. The fourth-order valence-electron chi connectivity index (χ4n) is 4.53. The van der Waals surface area contributed by atoms with Gasteiger partial charge in [0.1, 0.15) is 6.04 Å². The van der Waals surface area contributed by atoms with Crippen LogP contribution in [0.2, 0.25) is 5.02 Å². The number of benzene rings is 2. The minimum absolute atomic E-state index is 0.0105. The quantitative estimate of drug-likeness (QED) is 0.553. The molecule has 2 aliphatic rings. The number of carbonyl (C=O) groups excluding carboxylic acids is 4. The van der Waals surface area contributed by atoms with Crippen molar-refractivity contribution in [2.75, 3.05) is 14.1 Å². The van der Waals surface area contributed by atoms with Gasteiger partial charge in [0.05, 0.1) is 0 Å². The Labute approximate surface area is 215 Å². The number of halogens is 4. The highest BCUT2D eigenvalue weighted by molar-refractivity contribution is 6.31. The second-order valence-electron chi connectivity index (χ2n) is 9.31. The summed E-state index contributed by atoms with van der Waals surface area (Å²) in [5, 5.41) is 4.09. The van der Waals surface area contributed by atoms with E-state index < -0.39 is 41.9 Å². The van der Waals surface area contributed by atoms with Crippen molar-refractivity contribution in [1.82, 2.24) is 20.4 Å². The Hall–Kier alpha value is -3.44. The Kier molecular flexibility index (Phi) is 7.29. The monoisotopic (exact) mass is 536 g/mol. The van der Waals surface area contributed by atoms with Crippen molar-refractivity contribution in [3.63, 3.8) is 0 Å². The van der Waals surface area contributed by atoms with Crippen LogP contribution in [0.4, 0.5) is 13.2 Å². The molecule has 0 saturated carbocycles. The molecule has 0 spiro atoms. The van der Waals surface area contributed by atoms with Gasteiger partial charge in [-0.15, -0.1) is 0 Å². The van der Waals surface area contributed by atoms with E-state index in [2.05, 4.69) is 5.32 Å². The maximum absolute atomic E-state index is 14.0. The second-order valence-corrected chi connectivity index (χ2v) is 9.72. The molecule has 4 amide bonds. The third-order valence-electron chi connectivity index (χ3n) is 6.26. The van der Waals surface area contributed by atoms with Crippen LogP contribution < -0.4 is 10.6 Å². The molecule has 12 heteroatoms. The number of nitrogens with zero attached hydrogens (tertiary/aromatic N) is 2. The first-order chi connectivity index (χ1) is 17.3. The van der Waals surface area contributed by atoms with Crippen molar-refractivity contribution in [2.45, 2.75) is 44.2 Å². The number of hydrogen-bond donors (Lipinski definition) is 2. The van der Waals surface area contributed by atoms with E-state index in [9.17, 15) is 32.3 Å². The predicted octanol–water partition coefficient (Wildman–Crippen LogP) is 3.20. The predicted molar refractivity (Wildman–Crippen MR) is 128 cm³/mol. The summed E-state index contributed by atoms with van der Waals surface area (Å²) in [5.74, 6) is -2.45. The van der Waals surface area contributed by atoms with Gasteiger partial charge >= 0.3 is 6.18 Å². The lowest BCUT2D eigenvalue weighted by molar-refractivity contribution is -0.155. The summed E-state index contributed by atoms with van der Waals surface area (Å²) in [5.41, 5.74) is 0.997. The highest BCUT2D eigenvalue weighted by Crippen LogP contribution is 2.37. The van der Waals surface area contributed by atoms with Crippen molar-refractivity contribution in [1.29, 1.82) is 0 Å². The van der Waals surface area contributed by atoms with Crippen LogP contribution in [0.25, 0.3) is 0 Å². The summed E-state index contributed by atoms with van der Waals surface area (Å²) in [7, 11) is 3.63. The molecular formula is C25H24ClF3N4O4. The lowest BCUT2D eigenvalue weighted by Gasteiger charge is -2.29. The first-order valence-corrected chi connectivity index (χ1v) is 11.8. The molecule has 1 saturated heterocycles. The van der Waals surface area contributed by atoms with Gasteiger partial charge in [0.2, 0.25) is 11.8 Å². The molecule has 2 N–H and O–H groups in total. The van der Waals surface area contributed by atoms with Crippen molar-refractivity contribution in [2.24, 2.45) is 0 Å². The summed E-state index contributed by atoms with van der Waals surface area (Å²) in [6.07, 6.45) is -4.57. The number of carbonyl (C=O) groups is 4. The number of fused-ring (bicyclic) bond motifs is 1. The average Bonchev–Trinajstić information content (AvgIpc) is 3.12. The normalized spacial score (nSPS) is 18.6. The van der Waals surface area contributed by atoms with Gasteiger partial charge in [0, 0.05) is 41.2 Å². The van der Waals surface area contributed by atoms with Crippen LogP contribution in [0.3, 0.4) is 0 Å². The Morgan fingerprint density at radius 3 is 2.54 bits per heavy atom. The highest BCUT2D eigenvalue weighted by atomic mass is 35.5. The Bertz CT molecular complexity index is 1280. The van der Waals surface area contributed by atoms with Crippen LogP contribution in [0.1, 0.15) is 56.3 Å². The minimum Gasteiger partial charge on any atom is -0.337 e. The standard InChI is InChI=1S/C25H24ClF3N4O4/c1-32(2)11-13-3-5-17(18(26)9-13)21(25(27,28)29)31-22(35)14-4-6-16-15(10-14)12-33(24(16)37)19-7-8-20(34)30-23(19)36/h3-6,9-10,19,21H,7-8,11-12H2,1-2H3,(H,31,35)(H,30,34,36). The van der Waals surface area contributed by atoms with Gasteiger partial charge in [-0.2, -0.15) is 13.2 Å². The molecule has 2 aromatic carbocycles. The van der Waals surface area contributed by atoms with Crippen molar-refractivity contribution in [3.8, 4) is 0 Å². The molecule has 0 radical (unpaired) electrons. The van der Waals surface area contributed by atoms with Gasteiger partial charge < -0.3 is 15.1 Å². The maximum Gasteiger partial charge on any atom is 0.412 e. The molecular weight excluding hydrogens is 513 g/mol. The zero-order valence-electron chi connectivity index (χ0n) is 20.0. The number of hydrogen-bond acceptors (Lipinski definition) is 5. The number of nitrogens with one attached hydrogen (secondary N) is 2. The molecule has 2 unspecified atom stereocenters. The first-order valence-electron chi connectivity index (χ1n) is 11.4. The van der Waals surface area contributed by atoms with Crippen molar-refractivity contribution >= 4 is 35.2 Å². The van der Waals surface area contributed by atoms with Crippen LogP contribution in [-0.2, 0) is 22.7 Å². The molecule has 1 fully saturated rings. The van der Waals surface area contributed by atoms with Gasteiger partial charge in [0.25, 0.3) is 11.8 Å². The van der Waals surface area contributed by atoms with Gasteiger partial charge in [-0.05, 0) is 55.9 Å². The summed E-state index contributed by atoms with van der Waals surface area (Å²) in [4.78, 5) is 52.5. The van der Waals surface area contributed by atoms with Gasteiger partial charge in [-0.3, -0.25) is 24.5 Å². The Morgan fingerprint density at radius 2 is 1.92 bits per heavy atom. The molecule has 4 rings (SSSR count). The molecule has 2 aromatic rings. The third-order valence-corrected chi connectivity index (χ3v) is 6.59. The third kappa shape index (κ3) is 5.62. The largest absolute Gasteiger partial charge is 0.412 e. The average molecular weight is 537 g/mol. The SMILES string of the molecule is CN(C)Cc1ccc(C(NC(=O)c2ccc3c(c2)CN(C2CCC(=O)NC2=O)C3=O)C(F)(F)F)c(Cl)c1. The van der Waals surface area contributed by atoms with Crippen molar-refractivity contribution < 1.29 is 32.3 Å². The molecule has 37 heavy (non-hydrogen) atoms. The molecule has 2 aliphatic heterocycles. The summed E-state index contributed by atoms with van der Waals surface area (Å²) >= 11 is 6.18. The molecule has 0 aliphatic carbocycles. The van der Waals surface area contributed by atoms with E-state index in [4.69, 9.17) is 11.6 Å². The van der Waals surface area contributed by atoms with E-state index in [1.54, 1.807) is 0 Å². The van der Waals surface area contributed by atoms with Crippen LogP contribution in [-0.4, -0.2) is 59.7 Å². The van der Waals surface area contributed by atoms with Gasteiger partial charge in [-0.1, -0.05) is 23.7 Å². The minimum atomic E-state index is -4.82. The van der Waals surface area contributed by atoms with E-state index in [0.29, 0.717) is 12.1 Å². The van der Waals surface area contributed by atoms with Crippen LogP contribution in [0.15, 0.2) is 36.4 Å². The second kappa shape index (κ2) is 10.1. The van der Waals surface area contributed by atoms with Crippen LogP contribution in [0.5, 0.6) is 0 Å². The van der Waals surface area contributed by atoms with E-state index >= 15 is 0 Å². The zero-order chi connectivity index (χ0) is 27.1. The Morgan fingerprint density at radius 1 is 1.19 bits per heavy atom. The van der Waals surface area contributed by atoms with E-state index in [0.717, 1.165) is 5.56 Å². The number of piperidine rings is 1. The summed E-state index contributed by atoms with van der Waals surface area (Å²) < 4.78 is 41.9. The topological polar surface area (TPSA) is 98.8 Å². The summed E-state index contributed by atoms with van der Waals surface area (Å²) in [6.45, 7) is 0.468. The molecule has 8 nitrogen and oxygen atoms in total. The first kappa shape index (κ1) is 26.6. The maximum atomic E-state index is 14.0. The molecule has 0 bridgehead atoms.